The highest BCUT2D eigenvalue weighted by atomic mass is 35.5. The summed E-state index contributed by atoms with van der Waals surface area (Å²) in [7, 11) is 20.3. The number of benzene rings is 4. The van der Waals surface area contributed by atoms with Crippen molar-refractivity contribution in [2.24, 2.45) is 5.92 Å². The molecule has 2 N–H and O–H groups in total. The second kappa shape index (κ2) is 23.1. The summed E-state index contributed by atoms with van der Waals surface area (Å²) in [5.41, 5.74) is 6.29. The Morgan fingerprint density at radius 2 is 0.901 bits per heavy atom. The van der Waals surface area contributed by atoms with Crippen LogP contribution >= 0.6 is 11.6 Å². The van der Waals surface area contributed by atoms with Crippen LogP contribution in [0.1, 0.15) is 71.1 Å². The molecule has 71 heavy (non-hydrogen) atoms. The summed E-state index contributed by atoms with van der Waals surface area (Å²) < 4.78 is 58.2. The summed E-state index contributed by atoms with van der Waals surface area (Å²) in [6, 6.07) is 15.6. The van der Waals surface area contributed by atoms with Crippen LogP contribution in [0.3, 0.4) is 0 Å². The number of fused-ring (bicyclic) bond motifs is 2. The fourth-order valence-electron chi connectivity index (χ4n) is 11.1. The van der Waals surface area contributed by atoms with Gasteiger partial charge in [0.05, 0.1) is 117 Å². The SMILES string of the molecule is COc1cc2c(cc1OC)[C@@H](Cc1cc(OC)c(OC)c(OC)c1)[N@@+](C)(CCCC(C(=O)O)C(Cl)(CCC[N@@+]1(C)CCc3cc(OC)c(OC)cc3[C@H]1Cc1cc(OC)c(OC)c(OC)c1)C(=O)O)CC2. The lowest BCUT2D eigenvalue weighted by Crippen LogP contribution is -2.53. The van der Waals surface area contributed by atoms with Gasteiger partial charge >= 0.3 is 11.9 Å². The minimum Gasteiger partial charge on any atom is -0.493 e. The predicted octanol–water partition coefficient (Wildman–Crippen LogP) is 8.37. The van der Waals surface area contributed by atoms with Gasteiger partial charge in [-0.05, 0) is 96.5 Å². The maximum absolute atomic E-state index is 13.4. The first-order valence-electron chi connectivity index (χ1n) is 23.9. The number of aliphatic carboxylic acids is 2. The topological polar surface area (TPSA) is 167 Å². The summed E-state index contributed by atoms with van der Waals surface area (Å²) in [5.74, 6) is 1.62. The molecule has 4 aromatic carbocycles. The van der Waals surface area contributed by atoms with E-state index < -0.39 is 22.7 Å². The Labute approximate surface area is 423 Å². The van der Waals surface area contributed by atoms with Gasteiger partial charge in [-0.3, -0.25) is 9.59 Å². The minimum atomic E-state index is -2.08. The molecule has 2 aliphatic rings. The Bertz CT molecular complexity index is 2490. The van der Waals surface area contributed by atoms with Crippen molar-refractivity contribution in [3.05, 3.63) is 81.9 Å². The van der Waals surface area contributed by atoms with Crippen molar-refractivity contribution in [2.75, 3.05) is 111 Å². The third kappa shape index (κ3) is 11.1. The molecule has 0 amide bonds. The summed E-state index contributed by atoms with van der Waals surface area (Å²) in [6.07, 6.45) is 3.32. The molecule has 0 aromatic heterocycles. The average Bonchev–Trinajstić information content (AvgIpc) is 3.37. The first-order valence-corrected chi connectivity index (χ1v) is 24.2. The van der Waals surface area contributed by atoms with Gasteiger partial charge in [0.1, 0.15) is 12.1 Å². The van der Waals surface area contributed by atoms with Gasteiger partial charge < -0.3 is 66.5 Å². The quantitative estimate of drug-likeness (QED) is 0.0480. The van der Waals surface area contributed by atoms with Crippen LogP contribution in [0.25, 0.3) is 0 Å². The van der Waals surface area contributed by atoms with E-state index in [1.165, 1.54) is 0 Å². The molecule has 0 aliphatic carbocycles. The standard InChI is InChI=1S/C54H71ClN2O14/c1-56(21-16-35-29-42(62-3)44(64-5)31-37(35)40(56)23-33-25-46(66-7)50(70-11)47(26-33)67-8)19-13-15-39(52(58)59)54(55,53(60)61)18-14-20-57(2)22-17-36-30-43(63-4)45(65-6)32-38(36)41(57)24-34-27-48(68-9)51(71-12)49(28-34)69-10/h25-32,39-41H,13-24H2,1-12H3/p+2/t39?,40-,41-,54?,56+,57+/m1/s1. The molecule has 17 heteroatoms. The number of hydrogen-bond donors (Lipinski definition) is 2. The molecule has 388 valence electrons. The molecule has 2 heterocycles. The number of halogens is 1. The Balaban J connectivity index is 1.27. The number of quaternary nitrogens is 2. The second-order valence-electron chi connectivity index (χ2n) is 19.0. The highest BCUT2D eigenvalue weighted by Gasteiger charge is 2.50. The molecule has 0 bridgehead atoms. The van der Waals surface area contributed by atoms with Gasteiger partial charge in [-0.25, -0.2) is 0 Å². The van der Waals surface area contributed by atoms with Crippen molar-refractivity contribution in [3.63, 3.8) is 0 Å². The number of methoxy groups -OCH3 is 10. The molecule has 6 rings (SSSR count). The highest BCUT2D eigenvalue weighted by Crippen LogP contribution is 2.48. The molecule has 6 atom stereocenters. The molecule has 0 saturated carbocycles. The number of carboxylic acids is 2. The zero-order valence-electron chi connectivity index (χ0n) is 43.4. The van der Waals surface area contributed by atoms with E-state index in [0.29, 0.717) is 105 Å². The van der Waals surface area contributed by atoms with Crippen LogP contribution < -0.4 is 47.4 Å². The van der Waals surface area contributed by atoms with Gasteiger partial charge in [0.25, 0.3) is 0 Å². The van der Waals surface area contributed by atoms with E-state index in [4.69, 9.17) is 59.0 Å². The van der Waals surface area contributed by atoms with E-state index >= 15 is 0 Å². The Kier molecular flexibility index (Phi) is 17.7. The lowest BCUT2D eigenvalue weighted by molar-refractivity contribution is -0.941. The average molecular weight is 1010 g/mol. The Morgan fingerprint density at radius 3 is 1.23 bits per heavy atom. The Hall–Kier alpha value is -5.97. The van der Waals surface area contributed by atoms with Crippen molar-refractivity contribution in [2.45, 2.75) is 68.3 Å². The molecular formula is C54H73ClN2O14+2. The second-order valence-corrected chi connectivity index (χ2v) is 19.7. The van der Waals surface area contributed by atoms with Crippen molar-refractivity contribution in [3.8, 4) is 57.5 Å². The molecule has 0 fully saturated rings. The Morgan fingerprint density at radius 1 is 0.549 bits per heavy atom. The molecule has 4 aromatic rings. The van der Waals surface area contributed by atoms with Gasteiger partial charge in [-0.2, -0.15) is 0 Å². The maximum Gasteiger partial charge on any atom is 0.325 e. The maximum atomic E-state index is 13.4. The van der Waals surface area contributed by atoms with Gasteiger partial charge in [0, 0.05) is 36.8 Å². The minimum absolute atomic E-state index is 0.0551. The first kappa shape index (κ1) is 54.4. The smallest absolute Gasteiger partial charge is 0.325 e. The summed E-state index contributed by atoms with van der Waals surface area (Å²) in [4.78, 5) is 24.6. The number of likely N-dealkylation sites (N-methyl/N-ethyl adjacent to an activating group) is 2. The van der Waals surface area contributed by atoms with E-state index in [0.717, 1.165) is 59.3 Å². The number of carboxylic acid groups (broad SMARTS) is 2. The number of hydrogen-bond acceptors (Lipinski definition) is 12. The normalized spacial score (nSPS) is 20.5. The fraction of sp³-hybridized carbons (Fsp3) is 0.519. The number of nitrogens with zero attached hydrogens (tertiary/aromatic N) is 2. The highest BCUT2D eigenvalue weighted by molar-refractivity contribution is 6.35. The van der Waals surface area contributed by atoms with Gasteiger partial charge in [0.2, 0.25) is 11.5 Å². The van der Waals surface area contributed by atoms with Crippen LogP contribution in [-0.2, 0) is 35.3 Å². The first-order chi connectivity index (χ1) is 33.9. The van der Waals surface area contributed by atoms with Crippen LogP contribution in [0, 0.1) is 5.92 Å². The van der Waals surface area contributed by atoms with Crippen LogP contribution in [0.4, 0.5) is 0 Å². The van der Waals surface area contributed by atoms with Crippen LogP contribution in [-0.4, -0.2) is 147 Å². The van der Waals surface area contributed by atoms with Crippen molar-refractivity contribution < 1.29 is 76.1 Å². The fourth-order valence-corrected chi connectivity index (χ4v) is 11.5. The lowest BCUT2D eigenvalue weighted by Gasteiger charge is -2.47. The van der Waals surface area contributed by atoms with Gasteiger partial charge in [-0.1, -0.05) is 0 Å². The molecule has 16 nitrogen and oxygen atoms in total. The zero-order chi connectivity index (χ0) is 51.8. The van der Waals surface area contributed by atoms with Crippen LogP contribution in [0.15, 0.2) is 48.5 Å². The van der Waals surface area contributed by atoms with Crippen molar-refractivity contribution in [1.29, 1.82) is 0 Å². The molecule has 2 aliphatic heterocycles. The van der Waals surface area contributed by atoms with E-state index in [9.17, 15) is 19.8 Å². The summed E-state index contributed by atoms with van der Waals surface area (Å²) in [5, 5.41) is 21.7. The van der Waals surface area contributed by atoms with E-state index in [1.807, 2.05) is 48.5 Å². The van der Waals surface area contributed by atoms with Crippen molar-refractivity contribution >= 4 is 23.5 Å². The summed E-state index contributed by atoms with van der Waals surface area (Å²) >= 11 is 7.19. The summed E-state index contributed by atoms with van der Waals surface area (Å²) in [6.45, 7) is 2.51. The van der Waals surface area contributed by atoms with E-state index in [2.05, 4.69) is 14.1 Å². The van der Waals surface area contributed by atoms with Crippen LogP contribution in [0.2, 0.25) is 0 Å². The van der Waals surface area contributed by atoms with Gasteiger partial charge in [-0.15, -0.1) is 11.6 Å². The third-order valence-corrected chi connectivity index (χ3v) is 15.8. The number of rotatable bonds is 25. The molecular weight excluding hydrogens is 936 g/mol. The zero-order valence-corrected chi connectivity index (χ0v) is 44.2. The van der Waals surface area contributed by atoms with Crippen LogP contribution in [0.5, 0.6) is 57.5 Å². The monoisotopic (exact) mass is 1010 g/mol. The number of carbonyl (C=O) groups is 2. The number of alkyl halides is 1. The largest absolute Gasteiger partial charge is 0.493 e. The van der Waals surface area contributed by atoms with E-state index in [1.54, 1.807) is 71.1 Å². The molecule has 0 spiro atoms. The van der Waals surface area contributed by atoms with E-state index in [-0.39, 0.29) is 24.9 Å². The van der Waals surface area contributed by atoms with Gasteiger partial charge in [0.15, 0.2) is 50.9 Å². The predicted molar refractivity (Wildman–Crippen MR) is 269 cm³/mol. The molecule has 2 unspecified atom stereocenters. The van der Waals surface area contributed by atoms with Crippen molar-refractivity contribution in [1.82, 2.24) is 0 Å². The molecule has 0 radical (unpaired) electrons. The molecule has 0 saturated heterocycles. The number of ether oxygens (including phenoxy) is 10. The lowest BCUT2D eigenvalue weighted by atomic mass is 9.82. The third-order valence-electron chi connectivity index (χ3n) is 15.2.